The minimum atomic E-state index is -3.08. The molecular weight excluding hydrogens is 330 g/mol. The molecule has 128 valence electrons. The number of nitrogens with one attached hydrogen (secondary N) is 2. The third kappa shape index (κ3) is 5.44. The minimum Gasteiger partial charge on any atom is -0.360 e. The lowest BCUT2D eigenvalue weighted by atomic mass is 10.1. The molecule has 7 heteroatoms. The van der Waals surface area contributed by atoms with E-state index in [1.54, 1.807) is 4.31 Å². The van der Waals surface area contributed by atoms with Crippen LogP contribution in [-0.4, -0.2) is 42.7 Å². The Morgan fingerprint density at radius 2 is 1.87 bits per heavy atom. The van der Waals surface area contributed by atoms with Gasteiger partial charge in [-0.3, -0.25) is 0 Å². The van der Waals surface area contributed by atoms with Crippen LogP contribution in [0.5, 0.6) is 0 Å². The monoisotopic (exact) mass is 355 g/mol. The topological polar surface area (TPSA) is 61.4 Å². The van der Waals surface area contributed by atoms with Crippen molar-refractivity contribution in [1.29, 1.82) is 0 Å². The van der Waals surface area contributed by atoms with Crippen LogP contribution >= 0.6 is 12.2 Å². The van der Waals surface area contributed by atoms with Gasteiger partial charge in [-0.15, -0.1) is 0 Å². The molecule has 0 amide bonds. The lowest BCUT2D eigenvalue weighted by molar-refractivity contribution is 0.308. The number of piperidine rings is 1. The third-order valence-corrected chi connectivity index (χ3v) is 6.25. The molecule has 2 N–H and O–H groups in total. The largest absolute Gasteiger partial charge is 0.360 e. The van der Waals surface area contributed by atoms with E-state index in [2.05, 4.69) is 10.6 Å². The van der Waals surface area contributed by atoms with Crippen LogP contribution in [0.4, 0.5) is 5.69 Å². The Kier molecular flexibility index (Phi) is 6.38. The summed E-state index contributed by atoms with van der Waals surface area (Å²) in [6.07, 6.45) is 2.21. The van der Waals surface area contributed by atoms with Gasteiger partial charge in [0.25, 0.3) is 0 Å². The van der Waals surface area contributed by atoms with Crippen molar-refractivity contribution in [2.45, 2.75) is 39.2 Å². The second-order valence-electron chi connectivity index (χ2n) is 5.95. The molecule has 23 heavy (non-hydrogen) atoms. The summed E-state index contributed by atoms with van der Waals surface area (Å²) in [7, 11) is -3.08. The molecule has 0 aromatic heterocycles. The Morgan fingerprint density at radius 3 is 2.43 bits per heavy atom. The zero-order valence-electron chi connectivity index (χ0n) is 13.7. The van der Waals surface area contributed by atoms with Crippen molar-refractivity contribution in [3.05, 3.63) is 29.8 Å². The van der Waals surface area contributed by atoms with Gasteiger partial charge < -0.3 is 10.6 Å². The number of thiocarbonyl (C=S) groups is 1. The van der Waals surface area contributed by atoms with Crippen molar-refractivity contribution in [2.24, 2.45) is 0 Å². The molecule has 0 unspecified atom stereocenters. The molecule has 5 nitrogen and oxygen atoms in total. The molecule has 0 bridgehead atoms. The van der Waals surface area contributed by atoms with Crippen molar-refractivity contribution in [2.75, 3.05) is 24.2 Å². The highest BCUT2D eigenvalue weighted by atomic mass is 32.2. The van der Waals surface area contributed by atoms with Crippen molar-refractivity contribution in [1.82, 2.24) is 9.62 Å². The molecule has 1 aromatic rings. The first-order valence-corrected chi connectivity index (χ1v) is 10.0. The van der Waals surface area contributed by atoms with Gasteiger partial charge >= 0.3 is 0 Å². The molecular formula is C16H25N3O2S2. The van der Waals surface area contributed by atoms with E-state index in [1.807, 2.05) is 38.1 Å². The number of anilines is 1. The minimum absolute atomic E-state index is 0.216. The predicted molar refractivity (Wildman–Crippen MR) is 99.2 cm³/mol. The first-order valence-electron chi connectivity index (χ1n) is 8.02. The van der Waals surface area contributed by atoms with Gasteiger partial charge in [-0.25, -0.2) is 12.7 Å². The van der Waals surface area contributed by atoms with Gasteiger partial charge in [0.05, 0.1) is 5.75 Å². The number of nitrogens with zero attached hydrogens (tertiary/aromatic N) is 1. The fourth-order valence-corrected chi connectivity index (χ4v) is 4.48. The normalized spacial score (nSPS) is 17.0. The summed E-state index contributed by atoms with van der Waals surface area (Å²) in [6.45, 7) is 5.06. The van der Waals surface area contributed by atoms with Crippen LogP contribution in [0.25, 0.3) is 0 Å². The van der Waals surface area contributed by atoms with Crippen LogP contribution in [0.1, 0.15) is 31.7 Å². The van der Waals surface area contributed by atoms with Gasteiger partial charge in [0.1, 0.15) is 0 Å². The Bertz CT molecular complexity index is 621. The zero-order valence-corrected chi connectivity index (χ0v) is 15.3. The SMILES string of the molecule is CCCS(=O)(=O)N1CCC(NC(=S)Nc2ccc(C)cc2)CC1. The number of hydrogen-bond donors (Lipinski definition) is 2. The molecule has 1 aromatic carbocycles. The molecule has 0 saturated carbocycles. The van der Waals surface area contributed by atoms with E-state index >= 15 is 0 Å². The summed E-state index contributed by atoms with van der Waals surface area (Å²) in [4.78, 5) is 0. The zero-order chi connectivity index (χ0) is 16.9. The first kappa shape index (κ1) is 18.2. The standard InChI is InChI=1S/C16H25N3O2S2/c1-3-12-23(20,21)19-10-8-15(9-11-19)18-16(22)17-14-6-4-13(2)5-7-14/h4-7,15H,3,8-12H2,1-2H3,(H2,17,18,22). The summed E-state index contributed by atoms with van der Waals surface area (Å²) >= 11 is 5.34. The maximum Gasteiger partial charge on any atom is 0.214 e. The summed E-state index contributed by atoms with van der Waals surface area (Å²) in [5, 5.41) is 7.04. The van der Waals surface area contributed by atoms with Crippen molar-refractivity contribution >= 4 is 33.0 Å². The van der Waals surface area contributed by atoms with E-state index in [0.717, 1.165) is 18.5 Å². The van der Waals surface area contributed by atoms with Crippen molar-refractivity contribution < 1.29 is 8.42 Å². The highest BCUT2D eigenvalue weighted by Gasteiger charge is 2.27. The van der Waals surface area contributed by atoms with Crippen LogP contribution < -0.4 is 10.6 Å². The van der Waals surface area contributed by atoms with Crippen LogP contribution in [0, 0.1) is 6.92 Å². The predicted octanol–water partition coefficient (Wildman–Crippen LogP) is 2.49. The van der Waals surface area contributed by atoms with Gasteiger partial charge in [-0.2, -0.15) is 0 Å². The summed E-state index contributed by atoms with van der Waals surface area (Å²) in [6, 6.07) is 8.25. The number of rotatable bonds is 5. The molecule has 0 aliphatic carbocycles. The fourth-order valence-electron chi connectivity index (χ4n) is 2.65. The van der Waals surface area contributed by atoms with E-state index in [-0.39, 0.29) is 11.8 Å². The Balaban J connectivity index is 1.80. The number of benzene rings is 1. The second kappa shape index (κ2) is 8.08. The van der Waals surface area contributed by atoms with Gasteiger partial charge in [0, 0.05) is 24.8 Å². The quantitative estimate of drug-likeness (QED) is 0.795. The molecule has 0 spiro atoms. The van der Waals surface area contributed by atoms with E-state index in [0.29, 0.717) is 24.6 Å². The Morgan fingerprint density at radius 1 is 1.26 bits per heavy atom. The molecule has 2 rings (SSSR count). The van der Waals surface area contributed by atoms with Crippen molar-refractivity contribution in [3.63, 3.8) is 0 Å². The van der Waals surface area contributed by atoms with Gasteiger partial charge in [0.15, 0.2) is 5.11 Å². The second-order valence-corrected chi connectivity index (χ2v) is 8.45. The number of hydrogen-bond acceptors (Lipinski definition) is 3. The molecule has 0 radical (unpaired) electrons. The average Bonchev–Trinajstić information content (AvgIpc) is 2.50. The van der Waals surface area contributed by atoms with E-state index < -0.39 is 10.0 Å². The van der Waals surface area contributed by atoms with Crippen LogP contribution in [0.15, 0.2) is 24.3 Å². The van der Waals surface area contributed by atoms with E-state index in [1.165, 1.54) is 5.56 Å². The molecule has 1 aliphatic rings. The van der Waals surface area contributed by atoms with E-state index in [4.69, 9.17) is 12.2 Å². The number of sulfonamides is 1. The van der Waals surface area contributed by atoms with Crippen LogP contribution in [0.2, 0.25) is 0 Å². The maximum atomic E-state index is 12.1. The lowest BCUT2D eigenvalue weighted by Crippen LogP contribution is -2.47. The Hall–Kier alpha value is -1.18. The van der Waals surface area contributed by atoms with Gasteiger partial charge in [-0.1, -0.05) is 24.6 Å². The van der Waals surface area contributed by atoms with Gasteiger partial charge in [0.2, 0.25) is 10.0 Å². The first-order chi connectivity index (χ1) is 10.9. The smallest absolute Gasteiger partial charge is 0.214 e. The third-order valence-electron chi connectivity index (χ3n) is 3.95. The van der Waals surface area contributed by atoms with E-state index in [9.17, 15) is 8.42 Å². The highest BCUT2D eigenvalue weighted by Crippen LogP contribution is 2.15. The molecule has 1 saturated heterocycles. The van der Waals surface area contributed by atoms with Gasteiger partial charge in [-0.05, 0) is 50.5 Å². The molecule has 1 aliphatic heterocycles. The molecule has 1 fully saturated rings. The maximum absolute atomic E-state index is 12.1. The van der Waals surface area contributed by atoms with Crippen LogP contribution in [0.3, 0.4) is 0 Å². The Labute approximate surface area is 144 Å². The average molecular weight is 356 g/mol. The molecule has 1 heterocycles. The fraction of sp³-hybridized carbons (Fsp3) is 0.562. The highest BCUT2D eigenvalue weighted by molar-refractivity contribution is 7.89. The molecule has 0 atom stereocenters. The summed E-state index contributed by atoms with van der Waals surface area (Å²) < 4.78 is 25.7. The lowest BCUT2D eigenvalue weighted by Gasteiger charge is -2.32. The number of aryl methyl sites for hydroxylation is 1. The summed E-state index contributed by atoms with van der Waals surface area (Å²) in [5.41, 5.74) is 2.16. The van der Waals surface area contributed by atoms with Crippen LogP contribution in [-0.2, 0) is 10.0 Å². The summed E-state index contributed by atoms with van der Waals surface area (Å²) in [5.74, 6) is 0.235. The van der Waals surface area contributed by atoms with Crippen molar-refractivity contribution in [3.8, 4) is 0 Å².